The van der Waals surface area contributed by atoms with E-state index in [2.05, 4.69) is 30.8 Å². The maximum atomic E-state index is 5.88. The highest BCUT2D eigenvalue weighted by atomic mass is 16.5. The first-order valence-electron chi connectivity index (χ1n) is 7.40. The van der Waals surface area contributed by atoms with Crippen molar-refractivity contribution in [2.24, 2.45) is 11.8 Å². The Labute approximate surface area is 126 Å². The SMILES string of the molecule is c1ccc(OCC2[C@H]3Cc4c(n[nH]c4-c4nn[nH]n4)[C@@H]23)cc1. The first-order valence-corrected chi connectivity index (χ1v) is 7.40. The van der Waals surface area contributed by atoms with E-state index in [-0.39, 0.29) is 0 Å². The Morgan fingerprint density at radius 3 is 2.91 bits per heavy atom. The van der Waals surface area contributed by atoms with E-state index >= 15 is 0 Å². The van der Waals surface area contributed by atoms with Crippen LogP contribution in [0, 0.1) is 11.8 Å². The molecule has 7 nitrogen and oxygen atoms in total. The van der Waals surface area contributed by atoms with Crippen molar-refractivity contribution >= 4 is 0 Å². The molecule has 0 radical (unpaired) electrons. The Morgan fingerprint density at radius 1 is 1.18 bits per heavy atom. The molecule has 0 spiro atoms. The lowest BCUT2D eigenvalue weighted by atomic mass is 10.1. The van der Waals surface area contributed by atoms with Crippen molar-refractivity contribution in [2.45, 2.75) is 12.3 Å². The highest BCUT2D eigenvalue weighted by molar-refractivity contribution is 5.59. The average molecular weight is 294 g/mol. The number of nitrogens with one attached hydrogen (secondary N) is 2. The molecule has 2 aliphatic rings. The fourth-order valence-electron chi connectivity index (χ4n) is 3.62. The van der Waals surface area contributed by atoms with Gasteiger partial charge >= 0.3 is 0 Å². The van der Waals surface area contributed by atoms with Crippen molar-refractivity contribution in [1.29, 1.82) is 0 Å². The number of nitrogens with zero attached hydrogens (tertiary/aromatic N) is 4. The predicted octanol–water partition coefficient (Wildman–Crippen LogP) is 1.55. The van der Waals surface area contributed by atoms with Crippen LogP contribution in [0.4, 0.5) is 0 Å². The number of rotatable bonds is 4. The molecule has 0 bridgehead atoms. The van der Waals surface area contributed by atoms with Crippen molar-refractivity contribution in [1.82, 2.24) is 30.8 Å². The van der Waals surface area contributed by atoms with E-state index in [1.54, 1.807) is 0 Å². The van der Waals surface area contributed by atoms with E-state index in [0.717, 1.165) is 30.2 Å². The average Bonchev–Trinajstić information content (AvgIpc) is 3.02. The van der Waals surface area contributed by atoms with Gasteiger partial charge in [0, 0.05) is 17.4 Å². The van der Waals surface area contributed by atoms with Gasteiger partial charge in [-0.15, -0.1) is 10.2 Å². The molecule has 3 atom stereocenters. The van der Waals surface area contributed by atoms with Gasteiger partial charge in [0.2, 0.25) is 5.82 Å². The van der Waals surface area contributed by atoms with Gasteiger partial charge in [-0.05, 0) is 29.7 Å². The molecule has 0 aliphatic heterocycles. The fraction of sp³-hybridized carbons (Fsp3) is 0.333. The van der Waals surface area contributed by atoms with E-state index in [1.165, 1.54) is 5.56 Å². The number of hydrogen-bond acceptors (Lipinski definition) is 5. The first-order chi connectivity index (χ1) is 10.9. The lowest BCUT2D eigenvalue weighted by Crippen LogP contribution is -2.05. The van der Waals surface area contributed by atoms with Gasteiger partial charge < -0.3 is 4.74 Å². The molecule has 2 aliphatic carbocycles. The molecule has 22 heavy (non-hydrogen) atoms. The van der Waals surface area contributed by atoms with Crippen LogP contribution >= 0.6 is 0 Å². The van der Waals surface area contributed by atoms with E-state index in [4.69, 9.17) is 4.74 Å². The van der Waals surface area contributed by atoms with Crippen molar-refractivity contribution < 1.29 is 4.74 Å². The zero-order valence-electron chi connectivity index (χ0n) is 11.7. The number of aromatic amines is 2. The summed E-state index contributed by atoms with van der Waals surface area (Å²) in [7, 11) is 0. The molecule has 1 aromatic carbocycles. The van der Waals surface area contributed by atoms with Gasteiger partial charge in [-0.25, -0.2) is 0 Å². The molecule has 1 fully saturated rings. The summed E-state index contributed by atoms with van der Waals surface area (Å²) in [5.41, 5.74) is 3.30. The van der Waals surface area contributed by atoms with Crippen LogP contribution in [0.15, 0.2) is 30.3 Å². The molecule has 2 aromatic heterocycles. The first kappa shape index (κ1) is 11.9. The Hall–Kier alpha value is -2.70. The Bertz CT molecular complexity index is 797. The summed E-state index contributed by atoms with van der Waals surface area (Å²) in [4.78, 5) is 0. The Balaban J connectivity index is 1.32. The minimum atomic E-state index is 0.510. The summed E-state index contributed by atoms with van der Waals surface area (Å²) in [6, 6.07) is 9.96. The monoisotopic (exact) mass is 294 g/mol. The number of para-hydroxylation sites is 1. The van der Waals surface area contributed by atoms with Gasteiger partial charge in [0.05, 0.1) is 12.3 Å². The molecule has 1 saturated carbocycles. The van der Waals surface area contributed by atoms with Gasteiger partial charge in [-0.2, -0.15) is 10.3 Å². The minimum Gasteiger partial charge on any atom is -0.493 e. The molecule has 110 valence electrons. The Morgan fingerprint density at radius 2 is 2.09 bits per heavy atom. The van der Waals surface area contributed by atoms with Crippen LogP contribution in [0.1, 0.15) is 17.2 Å². The lowest BCUT2D eigenvalue weighted by molar-refractivity contribution is 0.288. The number of tetrazole rings is 1. The van der Waals surface area contributed by atoms with Gasteiger partial charge in [-0.3, -0.25) is 5.10 Å². The molecule has 5 rings (SSSR count). The number of benzene rings is 1. The maximum absolute atomic E-state index is 5.88. The molecule has 0 saturated heterocycles. The second kappa shape index (κ2) is 4.40. The predicted molar refractivity (Wildman–Crippen MR) is 77.1 cm³/mol. The van der Waals surface area contributed by atoms with E-state index < -0.39 is 0 Å². The lowest BCUT2D eigenvalue weighted by Gasteiger charge is -2.07. The summed E-state index contributed by atoms with van der Waals surface area (Å²) >= 11 is 0. The second-order valence-corrected chi connectivity index (χ2v) is 5.88. The third kappa shape index (κ3) is 1.68. The standard InChI is InChI=1S/C15H14N6O/c1-2-4-8(5-3-1)22-7-11-9-6-10-13(12(9)11)16-17-14(10)15-18-20-21-19-15/h1-5,9,11-12H,6-7H2,(H,16,17)(H,18,19,20,21)/t9-,11?,12-/m1/s1. The molecular formula is C15H14N6O. The maximum Gasteiger partial charge on any atom is 0.222 e. The highest BCUT2D eigenvalue weighted by Gasteiger charge is 2.58. The van der Waals surface area contributed by atoms with Crippen LogP contribution in [0.25, 0.3) is 11.5 Å². The van der Waals surface area contributed by atoms with Crippen LogP contribution in [0.2, 0.25) is 0 Å². The van der Waals surface area contributed by atoms with E-state index in [1.807, 2.05) is 30.3 Å². The zero-order chi connectivity index (χ0) is 14.5. The summed E-state index contributed by atoms with van der Waals surface area (Å²) < 4.78 is 5.88. The number of hydrogen-bond donors (Lipinski definition) is 2. The third-order valence-electron chi connectivity index (χ3n) is 4.74. The fourth-order valence-corrected chi connectivity index (χ4v) is 3.62. The molecule has 2 heterocycles. The van der Waals surface area contributed by atoms with Crippen LogP contribution < -0.4 is 4.74 Å². The third-order valence-corrected chi connectivity index (χ3v) is 4.74. The van der Waals surface area contributed by atoms with Crippen molar-refractivity contribution in [2.75, 3.05) is 6.61 Å². The van der Waals surface area contributed by atoms with Gasteiger partial charge in [-0.1, -0.05) is 18.2 Å². The van der Waals surface area contributed by atoms with Crippen molar-refractivity contribution in [3.05, 3.63) is 41.6 Å². The van der Waals surface area contributed by atoms with Crippen LogP contribution in [-0.4, -0.2) is 37.4 Å². The summed E-state index contributed by atoms with van der Waals surface area (Å²) in [5.74, 6) is 3.24. The molecule has 3 aromatic rings. The number of ether oxygens (including phenoxy) is 1. The number of fused-ring (bicyclic) bond motifs is 3. The zero-order valence-corrected chi connectivity index (χ0v) is 11.7. The molecule has 2 N–H and O–H groups in total. The molecular weight excluding hydrogens is 280 g/mol. The van der Waals surface area contributed by atoms with Gasteiger partial charge in [0.25, 0.3) is 0 Å². The van der Waals surface area contributed by atoms with Crippen molar-refractivity contribution in [3.8, 4) is 17.3 Å². The quantitative estimate of drug-likeness (QED) is 0.761. The number of aromatic nitrogens is 6. The van der Waals surface area contributed by atoms with Crippen LogP contribution in [0.3, 0.4) is 0 Å². The van der Waals surface area contributed by atoms with E-state index in [9.17, 15) is 0 Å². The number of H-pyrrole nitrogens is 2. The van der Waals surface area contributed by atoms with Gasteiger partial charge in [0.1, 0.15) is 11.4 Å². The topological polar surface area (TPSA) is 92.4 Å². The smallest absolute Gasteiger partial charge is 0.222 e. The van der Waals surface area contributed by atoms with Crippen molar-refractivity contribution in [3.63, 3.8) is 0 Å². The summed E-state index contributed by atoms with van der Waals surface area (Å²) in [6.45, 7) is 0.753. The summed E-state index contributed by atoms with van der Waals surface area (Å²) in [6.07, 6.45) is 1.02. The Kier molecular flexibility index (Phi) is 2.38. The van der Waals surface area contributed by atoms with Crippen LogP contribution in [0.5, 0.6) is 5.75 Å². The second-order valence-electron chi connectivity index (χ2n) is 5.88. The molecule has 0 amide bonds. The van der Waals surface area contributed by atoms with Gasteiger partial charge in [0.15, 0.2) is 0 Å². The largest absolute Gasteiger partial charge is 0.493 e. The minimum absolute atomic E-state index is 0.510. The summed E-state index contributed by atoms with van der Waals surface area (Å²) in [5, 5.41) is 21.7. The normalized spacial score (nSPS) is 24.8. The van der Waals surface area contributed by atoms with Crippen LogP contribution in [-0.2, 0) is 6.42 Å². The highest BCUT2D eigenvalue weighted by Crippen LogP contribution is 2.61. The van der Waals surface area contributed by atoms with E-state index in [0.29, 0.717) is 23.6 Å². The molecule has 7 heteroatoms. The molecule has 1 unspecified atom stereocenters.